The summed E-state index contributed by atoms with van der Waals surface area (Å²) >= 11 is 0. The van der Waals surface area contributed by atoms with Crippen molar-refractivity contribution < 1.29 is 9.94 Å². The molecule has 110 valence electrons. The number of aromatic nitrogens is 2. The normalized spacial score (nSPS) is 11.4. The lowest BCUT2D eigenvalue weighted by molar-refractivity contribution is 0.318. The molecular weight excluding hydrogens is 272 g/mol. The Morgan fingerprint density at radius 2 is 2.19 bits per heavy atom. The zero-order chi connectivity index (χ0) is 15.4. The zero-order valence-electron chi connectivity index (χ0n) is 11.8. The van der Waals surface area contributed by atoms with Crippen LogP contribution in [0.15, 0.2) is 40.3 Å². The van der Waals surface area contributed by atoms with Gasteiger partial charge < -0.3 is 20.2 Å². The molecule has 0 spiro atoms. The summed E-state index contributed by atoms with van der Waals surface area (Å²) in [6, 6.07) is 8.59. The lowest BCUT2D eigenvalue weighted by Crippen LogP contribution is -2.31. The van der Waals surface area contributed by atoms with Crippen LogP contribution in [0.5, 0.6) is 5.88 Å². The summed E-state index contributed by atoms with van der Waals surface area (Å²) < 4.78 is 6.57. The molecule has 0 aliphatic rings. The van der Waals surface area contributed by atoms with E-state index in [0.717, 1.165) is 5.69 Å². The van der Waals surface area contributed by atoms with Crippen LogP contribution >= 0.6 is 0 Å². The van der Waals surface area contributed by atoms with E-state index < -0.39 is 0 Å². The molecule has 7 nitrogen and oxygen atoms in total. The number of amidine groups is 1. The smallest absolute Gasteiger partial charge is 0.262 e. The number of hydrogen-bond acceptors (Lipinski definition) is 5. The highest BCUT2D eigenvalue weighted by Crippen LogP contribution is 2.09. The number of nitrogens with two attached hydrogens (primary N) is 1. The predicted octanol–water partition coefficient (Wildman–Crippen LogP) is 0.703. The molecule has 0 saturated heterocycles. The second kappa shape index (κ2) is 6.08. The minimum absolute atomic E-state index is 0.144. The van der Waals surface area contributed by atoms with Crippen molar-refractivity contribution in [1.82, 2.24) is 9.55 Å². The van der Waals surface area contributed by atoms with E-state index in [4.69, 9.17) is 15.7 Å². The van der Waals surface area contributed by atoms with Crippen LogP contribution in [0, 0.1) is 6.92 Å². The van der Waals surface area contributed by atoms with Crippen LogP contribution in [0.2, 0.25) is 0 Å². The van der Waals surface area contributed by atoms with Gasteiger partial charge >= 0.3 is 0 Å². The number of nitrogens with zero attached hydrogens (tertiary/aromatic N) is 3. The molecule has 0 atom stereocenters. The third kappa shape index (κ3) is 3.02. The fraction of sp³-hybridized carbons (Fsp3) is 0.214. The molecule has 0 radical (unpaired) electrons. The molecule has 0 aliphatic carbocycles. The SMILES string of the molecule is COc1cccc(Cn2c(C)ccc(/C(N)=N/O)c2=O)n1. The first-order valence-corrected chi connectivity index (χ1v) is 6.25. The molecule has 0 amide bonds. The molecule has 3 N–H and O–H groups in total. The molecule has 0 fully saturated rings. The van der Waals surface area contributed by atoms with Gasteiger partial charge in [-0.15, -0.1) is 0 Å². The van der Waals surface area contributed by atoms with Crippen molar-refractivity contribution in [2.45, 2.75) is 13.5 Å². The molecule has 2 aromatic heterocycles. The molecule has 2 rings (SSSR count). The van der Waals surface area contributed by atoms with Crippen molar-refractivity contribution in [2.75, 3.05) is 7.11 Å². The van der Waals surface area contributed by atoms with Crippen LogP contribution in [0.1, 0.15) is 17.0 Å². The second-order valence-electron chi connectivity index (χ2n) is 4.44. The molecular formula is C14H16N4O3. The highest BCUT2D eigenvalue weighted by molar-refractivity contribution is 5.96. The van der Waals surface area contributed by atoms with Gasteiger partial charge in [0.1, 0.15) is 0 Å². The summed E-state index contributed by atoms with van der Waals surface area (Å²) in [5.74, 6) is 0.262. The quantitative estimate of drug-likeness (QED) is 0.373. The number of oxime groups is 1. The first-order valence-electron chi connectivity index (χ1n) is 6.25. The maximum absolute atomic E-state index is 12.4. The van der Waals surface area contributed by atoms with Gasteiger partial charge in [0.05, 0.1) is 24.9 Å². The Bertz CT molecular complexity index is 737. The highest BCUT2D eigenvalue weighted by Gasteiger charge is 2.11. The molecule has 2 heterocycles. The van der Waals surface area contributed by atoms with Crippen molar-refractivity contribution >= 4 is 5.84 Å². The number of rotatable bonds is 4. The number of methoxy groups -OCH3 is 1. The molecule has 0 aromatic carbocycles. The first-order chi connectivity index (χ1) is 10.1. The van der Waals surface area contributed by atoms with E-state index in [1.165, 1.54) is 17.7 Å². The zero-order valence-corrected chi connectivity index (χ0v) is 11.8. The van der Waals surface area contributed by atoms with Gasteiger partial charge in [-0.3, -0.25) is 4.79 Å². The summed E-state index contributed by atoms with van der Waals surface area (Å²) in [6.07, 6.45) is 0. The van der Waals surface area contributed by atoms with Crippen molar-refractivity contribution in [3.05, 3.63) is 57.6 Å². The van der Waals surface area contributed by atoms with E-state index in [0.29, 0.717) is 11.6 Å². The van der Waals surface area contributed by atoms with Crippen LogP contribution in [-0.4, -0.2) is 27.7 Å². The van der Waals surface area contributed by atoms with Crippen molar-refractivity contribution in [1.29, 1.82) is 0 Å². The second-order valence-corrected chi connectivity index (χ2v) is 4.44. The molecule has 0 aliphatic heterocycles. The lowest BCUT2D eigenvalue weighted by atomic mass is 10.2. The van der Waals surface area contributed by atoms with E-state index >= 15 is 0 Å². The Balaban J connectivity index is 2.46. The fourth-order valence-corrected chi connectivity index (χ4v) is 1.94. The summed E-state index contributed by atoms with van der Waals surface area (Å²) in [7, 11) is 1.53. The third-order valence-corrected chi connectivity index (χ3v) is 3.09. The topological polar surface area (TPSA) is 103 Å². The average Bonchev–Trinajstić information content (AvgIpc) is 2.51. The molecule has 0 unspecified atom stereocenters. The maximum Gasteiger partial charge on any atom is 0.262 e. The lowest BCUT2D eigenvalue weighted by Gasteiger charge is -2.11. The summed E-state index contributed by atoms with van der Waals surface area (Å²) in [5.41, 5.74) is 6.74. The van der Waals surface area contributed by atoms with Gasteiger partial charge in [-0.25, -0.2) is 4.98 Å². The predicted molar refractivity (Wildman–Crippen MR) is 77.8 cm³/mol. The van der Waals surface area contributed by atoms with E-state index in [9.17, 15) is 4.79 Å². The van der Waals surface area contributed by atoms with E-state index in [1.807, 2.05) is 0 Å². The van der Waals surface area contributed by atoms with Crippen LogP contribution in [0.25, 0.3) is 0 Å². The Hall–Kier alpha value is -2.83. The Kier molecular flexibility index (Phi) is 4.22. The van der Waals surface area contributed by atoms with E-state index in [-0.39, 0.29) is 23.5 Å². The summed E-state index contributed by atoms with van der Waals surface area (Å²) in [6.45, 7) is 2.08. The van der Waals surface area contributed by atoms with Crippen LogP contribution < -0.4 is 16.0 Å². The molecule has 2 aromatic rings. The van der Waals surface area contributed by atoms with Crippen LogP contribution in [0.3, 0.4) is 0 Å². The van der Waals surface area contributed by atoms with Crippen LogP contribution in [-0.2, 0) is 6.54 Å². The third-order valence-electron chi connectivity index (χ3n) is 3.09. The summed E-state index contributed by atoms with van der Waals surface area (Å²) in [4.78, 5) is 16.7. The molecule has 0 bridgehead atoms. The average molecular weight is 288 g/mol. The van der Waals surface area contributed by atoms with Crippen LogP contribution in [0.4, 0.5) is 0 Å². The molecule has 21 heavy (non-hydrogen) atoms. The van der Waals surface area contributed by atoms with Crippen molar-refractivity contribution in [3.63, 3.8) is 0 Å². The Morgan fingerprint density at radius 1 is 1.43 bits per heavy atom. The number of hydrogen-bond donors (Lipinski definition) is 2. The molecule has 7 heteroatoms. The van der Waals surface area contributed by atoms with Gasteiger partial charge in [0.15, 0.2) is 5.84 Å². The van der Waals surface area contributed by atoms with Crippen molar-refractivity contribution in [3.8, 4) is 5.88 Å². The van der Waals surface area contributed by atoms with Gasteiger partial charge in [-0.2, -0.15) is 0 Å². The van der Waals surface area contributed by atoms with Crippen molar-refractivity contribution in [2.24, 2.45) is 10.9 Å². The van der Waals surface area contributed by atoms with E-state index in [1.54, 1.807) is 31.2 Å². The maximum atomic E-state index is 12.4. The van der Waals surface area contributed by atoms with Gasteiger partial charge in [0.2, 0.25) is 5.88 Å². The Morgan fingerprint density at radius 3 is 2.86 bits per heavy atom. The van der Waals surface area contributed by atoms with E-state index in [2.05, 4.69) is 10.1 Å². The summed E-state index contributed by atoms with van der Waals surface area (Å²) in [5, 5.41) is 11.6. The Labute approximate surface area is 121 Å². The van der Waals surface area contributed by atoms with Gasteiger partial charge in [0.25, 0.3) is 5.56 Å². The van der Waals surface area contributed by atoms with Gasteiger partial charge in [-0.05, 0) is 25.1 Å². The first kappa shape index (κ1) is 14.6. The highest BCUT2D eigenvalue weighted by atomic mass is 16.5. The number of ether oxygens (including phenoxy) is 1. The molecule has 0 saturated carbocycles. The fourth-order valence-electron chi connectivity index (χ4n) is 1.94. The number of pyridine rings is 2. The monoisotopic (exact) mass is 288 g/mol. The largest absolute Gasteiger partial charge is 0.481 e. The standard InChI is InChI=1S/C14H16N4O3/c1-9-6-7-11(13(15)17-20)14(19)18(9)8-10-4-3-5-12(16-10)21-2/h3-7,20H,8H2,1-2H3,(H2,15,17). The van der Waals surface area contributed by atoms with Gasteiger partial charge in [0, 0.05) is 11.8 Å². The van der Waals surface area contributed by atoms with Gasteiger partial charge in [-0.1, -0.05) is 11.2 Å². The minimum Gasteiger partial charge on any atom is -0.481 e. The number of aryl methyl sites for hydroxylation is 1. The minimum atomic E-state index is -0.338.